The summed E-state index contributed by atoms with van der Waals surface area (Å²) in [4.78, 5) is 22.6. The zero-order valence-electron chi connectivity index (χ0n) is 8.93. The molecule has 1 rings (SSSR count). The van der Waals surface area contributed by atoms with Gasteiger partial charge in [0, 0.05) is 13.5 Å². The first-order valence-electron chi connectivity index (χ1n) is 4.91. The quantitative estimate of drug-likeness (QED) is 0.667. The smallest absolute Gasteiger partial charge is 0.335 e. The van der Waals surface area contributed by atoms with Crippen molar-refractivity contribution in [2.24, 2.45) is 5.92 Å². The average Bonchev–Trinajstić information content (AvgIpc) is 2.27. The Labute approximate surface area is 88.4 Å². The fourth-order valence-electron chi connectivity index (χ4n) is 1.83. The van der Waals surface area contributed by atoms with Gasteiger partial charge in [0.1, 0.15) is 5.78 Å². The summed E-state index contributed by atoms with van der Waals surface area (Å²) in [7, 11) is 2.74. The van der Waals surface area contributed by atoms with Gasteiger partial charge in [-0.15, -0.1) is 0 Å². The van der Waals surface area contributed by atoms with Crippen LogP contribution in [-0.4, -0.2) is 43.3 Å². The van der Waals surface area contributed by atoms with Crippen molar-refractivity contribution in [2.45, 2.75) is 31.5 Å². The molecule has 86 valence electrons. The molecule has 1 aliphatic carbocycles. The molecule has 1 fully saturated rings. The zero-order chi connectivity index (χ0) is 11.4. The number of Topliss-reactive ketones (excluding diaryl/α,β-unsaturated/α-hetero) is 1. The average molecular weight is 216 g/mol. The van der Waals surface area contributed by atoms with Crippen molar-refractivity contribution in [2.75, 3.05) is 14.2 Å². The van der Waals surface area contributed by atoms with Crippen molar-refractivity contribution in [3.05, 3.63) is 0 Å². The molecule has 0 aromatic heterocycles. The Hall–Kier alpha value is -0.940. The number of ketones is 1. The Morgan fingerprint density at radius 1 is 1.53 bits per heavy atom. The van der Waals surface area contributed by atoms with Crippen molar-refractivity contribution >= 4 is 11.8 Å². The monoisotopic (exact) mass is 216 g/mol. The number of methoxy groups -OCH3 is 2. The summed E-state index contributed by atoms with van der Waals surface area (Å²) >= 11 is 0. The lowest BCUT2D eigenvalue weighted by atomic mass is 9.82. The second-order valence-corrected chi connectivity index (χ2v) is 3.67. The molecular formula is C10H16O5. The lowest BCUT2D eigenvalue weighted by Gasteiger charge is -2.28. The molecular weight excluding hydrogens is 200 g/mol. The Bertz CT molecular complexity index is 250. The van der Waals surface area contributed by atoms with Crippen molar-refractivity contribution < 1.29 is 24.2 Å². The van der Waals surface area contributed by atoms with E-state index in [1.165, 1.54) is 7.11 Å². The van der Waals surface area contributed by atoms with Crippen LogP contribution in [0.2, 0.25) is 0 Å². The van der Waals surface area contributed by atoms with Gasteiger partial charge >= 0.3 is 5.97 Å². The Morgan fingerprint density at radius 2 is 2.20 bits per heavy atom. The summed E-state index contributed by atoms with van der Waals surface area (Å²) in [6.45, 7) is 0. The minimum Gasteiger partial charge on any atom is -0.467 e. The van der Waals surface area contributed by atoms with Gasteiger partial charge < -0.3 is 14.6 Å². The molecule has 0 bridgehead atoms. The molecule has 15 heavy (non-hydrogen) atoms. The Morgan fingerprint density at radius 3 is 2.73 bits per heavy atom. The third-order valence-electron chi connectivity index (χ3n) is 2.80. The third-order valence-corrected chi connectivity index (χ3v) is 2.80. The van der Waals surface area contributed by atoms with Crippen LogP contribution in [-0.2, 0) is 19.1 Å². The van der Waals surface area contributed by atoms with E-state index in [4.69, 9.17) is 4.74 Å². The number of ether oxygens (including phenoxy) is 2. The number of carbonyl (C=O) groups excluding carboxylic acids is 2. The second-order valence-electron chi connectivity index (χ2n) is 3.67. The highest BCUT2D eigenvalue weighted by molar-refractivity contribution is 5.88. The molecule has 0 aromatic rings. The lowest BCUT2D eigenvalue weighted by molar-refractivity contribution is -0.158. The van der Waals surface area contributed by atoms with E-state index in [9.17, 15) is 14.7 Å². The minimum atomic E-state index is -1.36. The molecule has 0 saturated heterocycles. The van der Waals surface area contributed by atoms with Gasteiger partial charge in [-0.2, -0.15) is 0 Å². The largest absolute Gasteiger partial charge is 0.467 e. The molecule has 0 spiro atoms. The summed E-state index contributed by atoms with van der Waals surface area (Å²) in [6.07, 6.45) is -0.0461. The molecule has 1 aliphatic rings. The van der Waals surface area contributed by atoms with Crippen LogP contribution in [0.1, 0.15) is 19.3 Å². The van der Waals surface area contributed by atoms with Crippen LogP contribution in [0.15, 0.2) is 0 Å². The maximum atomic E-state index is 11.5. The van der Waals surface area contributed by atoms with Gasteiger partial charge in [0.15, 0.2) is 6.10 Å². The number of carbonyl (C=O) groups is 2. The van der Waals surface area contributed by atoms with E-state index in [-0.39, 0.29) is 11.9 Å². The summed E-state index contributed by atoms with van der Waals surface area (Å²) in [5.74, 6) is -1.54. The highest BCUT2D eigenvalue weighted by Gasteiger charge is 2.37. The third kappa shape index (κ3) is 2.76. The lowest BCUT2D eigenvalue weighted by Crippen LogP contribution is -2.41. The van der Waals surface area contributed by atoms with Crippen LogP contribution < -0.4 is 0 Å². The van der Waals surface area contributed by atoms with Crippen LogP contribution in [0.4, 0.5) is 0 Å². The summed E-state index contributed by atoms with van der Waals surface area (Å²) in [6, 6.07) is 0. The normalized spacial score (nSPS) is 28.6. The summed E-state index contributed by atoms with van der Waals surface area (Å²) < 4.78 is 9.52. The summed E-state index contributed by atoms with van der Waals surface area (Å²) in [5.41, 5.74) is 0. The Kier molecular flexibility index (Phi) is 4.23. The number of hydrogen-bond donors (Lipinski definition) is 1. The van der Waals surface area contributed by atoms with E-state index in [0.29, 0.717) is 19.3 Å². The highest BCUT2D eigenvalue weighted by atomic mass is 16.5. The van der Waals surface area contributed by atoms with Crippen molar-refractivity contribution in [3.8, 4) is 0 Å². The van der Waals surface area contributed by atoms with Gasteiger partial charge in [0.25, 0.3) is 0 Å². The van der Waals surface area contributed by atoms with Crippen molar-refractivity contribution in [1.82, 2.24) is 0 Å². The van der Waals surface area contributed by atoms with E-state index >= 15 is 0 Å². The highest BCUT2D eigenvalue weighted by Crippen LogP contribution is 2.26. The van der Waals surface area contributed by atoms with Crippen LogP contribution in [0.3, 0.4) is 0 Å². The van der Waals surface area contributed by atoms with Gasteiger partial charge in [0.05, 0.1) is 19.1 Å². The van der Waals surface area contributed by atoms with Crippen molar-refractivity contribution in [1.29, 1.82) is 0 Å². The molecule has 0 radical (unpaired) electrons. The SMILES string of the molecule is COC(=O)C(O)C1CC(OC)CCC1=O. The predicted molar refractivity (Wildman–Crippen MR) is 51.2 cm³/mol. The fourth-order valence-corrected chi connectivity index (χ4v) is 1.83. The number of aliphatic hydroxyl groups excluding tert-OH is 1. The van der Waals surface area contributed by atoms with E-state index in [2.05, 4.69) is 4.74 Å². The number of aliphatic hydroxyl groups is 1. The second kappa shape index (κ2) is 5.23. The van der Waals surface area contributed by atoms with Crippen LogP contribution in [0.5, 0.6) is 0 Å². The van der Waals surface area contributed by atoms with Crippen LogP contribution >= 0.6 is 0 Å². The van der Waals surface area contributed by atoms with Gasteiger partial charge in [-0.1, -0.05) is 0 Å². The van der Waals surface area contributed by atoms with Crippen LogP contribution in [0, 0.1) is 5.92 Å². The summed E-state index contributed by atoms with van der Waals surface area (Å²) in [5, 5.41) is 9.58. The van der Waals surface area contributed by atoms with Crippen molar-refractivity contribution in [3.63, 3.8) is 0 Å². The molecule has 1 N–H and O–H groups in total. The fraction of sp³-hybridized carbons (Fsp3) is 0.800. The first-order valence-corrected chi connectivity index (χ1v) is 4.91. The van der Waals surface area contributed by atoms with E-state index in [1.807, 2.05) is 0 Å². The molecule has 1 saturated carbocycles. The predicted octanol–water partition coefficient (Wildman–Crippen LogP) is -0.0955. The molecule has 3 unspecified atom stereocenters. The Balaban J connectivity index is 2.65. The zero-order valence-corrected chi connectivity index (χ0v) is 8.93. The maximum Gasteiger partial charge on any atom is 0.335 e. The first-order chi connectivity index (χ1) is 7.10. The number of hydrogen-bond acceptors (Lipinski definition) is 5. The standard InChI is InChI=1S/C10H16O5/c1-14-6-3-4-8(11)7(5-6)9(12)10(13)15-2/h6-7,9,12H,3-5H2,1-2H3. The van der Waals surface area contributed by atoms with Gasteiger partial charge in [0.2, 0.25) is 0 Å². The van der Waals surface area contributed by atoms with E-state index in [1.54, 1.807) is 7.11 Å². The molecule has 3 atom stereocenters. The van der Waals surface area contributed by atoms with E-state index < -0.39 is 18.0 Å². The first kappa shape index (κ1) is 12.1. The van der Waals surface area contributed by atoms with Crippen LogP contribution in [0.25, 0.3) is 0 Å². The molecule has 0 amide bonds. The minimum absolute atomic E-state index is 0.0630. The van der Waals surface area contributed by atoms with E-state index in [0.717, 1.165) is 0 Å². The van der Waals surface area contributed by atoms with Gasteiger partial charge in [-0.05, 0) is 12.8 Å². The molecule has 5 nitrogen and oxygen atoms in total. The maximum absolute atomic E-state index is 11.5. The molecule has 0 aromatic carbocycles. The topological polar surface area (TPSA) is 72.8 Å². The molecule has 0 heterocycles. The van der Waals surface area contributed by atoms with Gasteiger partial charge in [-0.25, -0.2) is 4.79 Å². The number of rotatable bonds is 3. The van der Waals surface area contributed by atoms with Gasteiger partial charge in [-0.3, -0.25) is 4.79 Å². The number of esters is 1. The molecule has 0 aliphatic heterocycles. The molecule has 5 heteroatoms.